The number of sulfonamides is 1. The fraction of sp³-hybridized carbons (Fsp3) is 0.231. The summed E-state index contributed by atoms with van der Waals surface area (Å²) < 4.78 is 39.2. The maximum absolute atomic E-state index is 12.9. The molecule has 0 fully saturated rings. The number of aromatic nitrogens is 2. The number of fused-ring (bicyclic) bond motifs is 1. The van der Waals surface area contributed by atoms with Gasteiger partial charge >= 0.3 is 0 Å². The Morgan fingerprint density at radius 3 is 2.70 bits per heavy atom. The number of rotatable bonds is 2. The highest BCUT2D eigenvalue weighted by atomic mass is 32.2. The summed E-state index contributed by atoms with van der Waals surface area (Å²) in [5.74, 6) is -0.457. The highest BCUT2D eigenvalue weighted by Gasteiger charge is 2.28. The van der Waals surface area contributed by atoms with Crippen molar-refractivity contribution in [3.8, 4) is 0 Å². The summed E-state index contributed by atoms with van der Waals surface area (Å²) in [7, 11) is -3.61. The summed E-state index contributed by atoms with van der Waals surface area (Å²) in [4.78, 5) is 8.15. The third-order valence-corrected chi connectivity index (χ3v) is 5.14. The minimum atomic E-state index is -3.61. The highest BCUT2D eigenvalue weighted by Crippen LogP contribution is 2.23. The van der Waals surface area contributed by atoms with E-state index in [2.05, 4.69) is 9.97 Å². The molecule has 5 nitrogen and oxygen atoms in total. The van der Waals surface area contributed by atoms with Crippen LogP contribution in [0.2, 0.25) is 0 Å². The molecule has 0 saturated heterocycles. The van der Waals surface area contributed by atoms with Crippen LogP contribution in [0.15, 0.2) is 41.7 Å². The highest BCUT2D eigenvalue weighted by molar-refractivity contribution is 7.89. The summed E-state index contributed by atoms with van der Waals surface area (Å²) in [6.45, 7) is 0.611. The normalized spacial score (nSPS) is 15.8. The minimum absolute atomic E-state index is 0.0965. The Labute approximate surface area is 116 Å². The van der Waals surface area contributed by atoms with Gasteiger partial charge < -0.3 is 0 Å². The van der Waals surface area contributed by atoms with E-state index in [-0.39, 0.29) is 11.4 Å². The van der Waals surface area contributed by atoms with E-state index in [1.165, 1.54) is 22.8 Å². The molecule has 0 radical (unpaired) electrons. The predicted molar refractivity (Wildman–Crippen MR) is 69.7 cm³/mol. The molecular formula is C13H12FN3O2S. The molecule has 104 valence electrons. The maximum atomic E-state index is 12.9. The van der Waals surface area contributed by atoms with Crippen LogP contribution in [-0.2, 0) is 23.0 Å². The number of hydrogen-bond acceptors (Lipinski definition) is 4. The Bertz CT molecular complexity index is 732. The number of hydrogen-bond donors (Lipinski definition) is 0. The van der Waals surface area contributed by atoms with Crippen molar-refractivity contribution in [3.63, 3.8) is 0 Å². The quantitative estimate of drug-likeness (QED) is 0.839. The molecule has 20 heavy (non-hydrogen) atoms. The van der Waals surface area contributed by atoms with Gasteiger partial charge in [-0.3, -0.25) is 0 Å². The number of benzene rings is 1. The summed E-state index contributed by atoms with van der Waals surface area (Å²) in [5.41, 5.74) is 1.69. The van der Waals surface area contributed by atoms with Crippen LogP contribution < -0.4 is 0 Å². The molecule has 1 aromatic heterocycles. The van der Waals surface area contributed by atoms with Crippen LogP contribution in [0.3, 0.4) is 0 Å². The van der Waals surface area contributed by atoms with Crippen LogP contribution in [0.1, 0.15) is 11.3 Å². The molecule has 1 aliphatic heterocycles. The first-order chi connectivity index (χ1) is 9.57. The largest absolute Gasteiger partial charge is 0.244 e. The van der Waals surface area contributed by atoms with Crippen LogP contribution in [0, 0.1) is 5.82 Å². The maximum Gasteiger partial charge on any atom is 0.243 e. The van der Waals surface area contributed by atoms with Gasteiger partial charge in [-0.2, -0.15) is 4.31 Å². The Kier molecular flexibility index (Phi) is 3.23. The van der Waals surface area contributed by atoms with E-state index in [1.807, 2.05) is 0 Å². The summed E-state index contributed by atoms with van der Waals surface area (Å²) in [5, 5.41) is 0. The fourth-order valence-corrected chi connectivity index (χ4v) is 3.62. The van der Waals surface area contributed by atoms with Gasteiger partial charge in [-0.25, -0.2) is 22.8 Å². The van der Waals surface area contributed by atoms with Crippen LogP contribution in [0.5, 0.6) is 0 Å². The first kappa shape index (κ1) is 13.1. The Balaban J connectivity index is 1.92. The van der Waals surface area contributed by atoms with E-state index in [0.717, 1.165) is 23.4 Å². The van der Waals surface area contributed by atoms with Crippen LogP contribution in [0.25, 0.3) is 0 Å². The summed E-state index contributed by atoms with van der Waals surface area (Å²) >= 11 is 0. The van der Waals surface area contributed by atoms with Gasteiger partial charge in [0.05, 0.1) is 4.90 Å². The van der Waals surface area contributed by atoms with Gasteiger partial charge in [0, 0.05) is 37.0 Å². The zero-order valence-electron chi connectivity index (χ0n) is 10.5. The number of nitrogens with zero attached hydrogens (tertiary/aromatic N) is 3. The fourth-order valence-electron chi connectivity index (χ4n) is 2.20. The molecule has 3 rings (SSSR count). The minimum Gasteiger partial charge on any atom is -0.244 e. The molecule has 2 heterocycles. The average molecular weight is 293 g/mol. The molecule has 0 bridgehead atoms. The lowest BCUT2D eigenvalue weighted by atomic mass is 10.1. The molecule has 0 amide bonds. The van der Waals surface area contributed by atoms with Gasteiger partial charge in [-0.05, 0) is 24.3 Å². The van der Waals surface area contributed by atoms with Crippen molar-refractivity contribution in [3.05, 3.63) is 53.9 Å². The Morgan fingerprint density at radius 2 is 1.95 bits per heavy atom. The van der Waals surface area contributed by atoms with Crippen molar-refractivity contribution in [2.24, 2.45) is 0 Å². The van der Waals surface area contributed by atoms with Gasteiger partial charge in [-0.15, -0.1) is 0 Å². The molecule has 0 atom stereocenters. The van der Waals surface area contributed by atoms with E-state index in [9.17, 15) is 12.8 Å². The van der Waals surface area contributed by atoms with Crippen LogP contribution >= 0.6 is 0 Å². The molecule has 0 spiro atoms. The molecular weight excluding hydrogens is 281 g/mol. The first-order valence-electron chi connectivity index (χ1n) is 6.11. The molecule has 0 aliphatic carbocycles. The lowest BCUT2D eigenvalue weighted by Gasteiger charge is -2.27. The molecule has 0 saturated carbocycles. The first-order valence-corrected chi connectivity index (χ1v) is 7.55. The van der Waals surface area contributed by atoms with E-state index in [4.69, 9.17) is 0 Å². The average Bonchev–Trinajstić information content (AvgIpc) is 2.47. The number of halogens is 1. The van der Waals surface area contributed by atoms with Gasteiger partial charge in [0.2, 0.25) is 10.0 Å². The molecule has 1 aliphatic rings. The Morgan fingerprint density at radius 1 is 1.20 bits per heavy atom. The van der Waals surface area contributed by atoms with E-state index in [0.29, 0.717) is 13.0 Å². The van der Waals surface area contributed by atoms with Crippen LogP contribution in [0.4, 0.5) is 4.39 Å². The molecule has 0 N–H and O–H groups in total. The van der Waals surface area contributed by atoms with Crippen molar-refractivity contribution in [1.29, 1.82) is 0 Å². The molecule has 2 aromatic rings. The van der Waals surface area contributed by atoms with Gasteiger partial charge in [-0.1, -0.05) is 0 Å². The van der Waals surface area contributed by atoms with Crippen molar-refractivity contribution in [2.75, 3.05) is 6.54 Å². The topological polar surface area (TPSA) is 63.2 Å². The second kappa shape index (κ2) is 4.92. The zero-order chi connectivity index (χ0) is 14.2. The van der Waals surface area contributed by atoms with Gasteiger partial charge in [0.25, 0.3) is 0 Å². The Hall–Kier alpha value is -1.86. The SMILES string of the molecule is O=S(=O)(c1ccc(F)cc1)N1CCc2ncncc2C1. The molecule has 7 heteroatoms. The second-order valence-electron chi connectivity index (χ2n) is 4.54. The standard InChI is InChI=1S/C13H12FN3O2S/c14-11-1-3-12(4-2-11)20(18,19)17-6-5-13-10(8-17)7-15-9-16-13/h1-4,7,9H,5-6,8H2. The lowest BCUT2D eigenvalue weighted by Crippen LogP contribution is -2.36. The van der Waals surface area contributed by atoms with E-state index < -0.39 is 15.8 Å². The van der Waals surface area contributed by atoms with Gasteiger partial charge in [0.15, 0.2) is 0 Å². The molecule has 1 aromatic carbocycles. The second-order valence-corrected chi connectivity index (χ2v) is 6.48. The zero-order valence-corrected chi connectivity index (χ0v) is 11.3. The monoisotopic (exact) mass is 293 g/mol. The van der Waals surface area contributed by atoms with Crippen molar-refractivity contribution in [2.45, 2.75) is 17.9 Å². The molecule has 0 unspecified atom stereocenters. The van der Waals surface area contributed by atoms with Crippen LogP contribution in [-0.4, -0.2) is 29.2 Å². The predicted octanol–water partition coefficient (Wildman–Crippen LogP) is 1.36. The van der Waals surface area contributed by atoms with Crippen molar-refractivity contribution in [1.82, 2.24) is 14.3 Å². The lowest BCUT2D eigenvalue weighted by molar-refractivity contribution is 0.386. The summed E-state index contributed by atoms with van der Waals surface area (Å²) in [6, 6.07) is 4.85. The third kappa shape index (κ3) is 2.30. The van der Waals surface area contributed by atoms with Crippen molar-refractivity contribution < 1.29 is 12.8 Å². The van der Waals surface area contributed by atoms with Gasteiger partial charge in [0.1, 0.15) is 12.1 Å². The summed E-state index contributed by atoms with van der Waals surface area (Å²) in [6.07, 6.45) is 3.65. The van der Waals surface area contributed by atoms with E-state index >= 15 is 0 Å². The third-order valence-electron chi connectivity index (χ3n) is 3.28. The van der Waals surface area contributed by atoms with E-state index in [1.54, 1.807) is 6.20 Å². The van der Waals surface area contributed by atoms with Crippen molar-refractivity contribution >= 4 is 10.0 Å². The smallest absolute Gasteiger partial charge is 0.243 e.